The third-order valence-electron chi connectivity index (χ3n) is 4.15. The van der Waals surface area contributed by atoms with Crippen LogP contribution in [0.1, 0.15) is 28.7 Å². The number of carbonyl (C=O) groups is 1. The molecule has 1 heterocycles. The monoisotopic (exact) mass is 381 g/mol. The van der Waals surface area contributed by atoms with Gasteiger partial charge < -0.3 is 9.47 Å². The SMILES string of the molecule is CCOC(=O)c1ccc(-c2ccccc2Cl)c(Cc2ccc(OC)cc2)n1. The third-order valence-corrected chi connectivity index (χ3v) is 4.48. The van der Waals surface area contributed by atoms with Crippen LogP contribution in [0.5, 0.6) is 5.75 Å². The van der Waals surface area contributed by atoms with Crippen LogP contribution in [0, 0.1) is 0 Å². The zero-order valence-electron chi connectivity index (χ0n) is 15.2. The second-order valence-corrected chi connectivity index (χ2v) is 6.32. The summed E-state index contributed by atoms with van der Waals surface area (Å²) in [7, 11) is 1.63. The first-order valence-corrected chi connectivity index (χ1v) is 9.05. The van der Waals surface area contributed by atoms with E-state index in [0.29, 0.717) is 18.1 Å². The first kappa shape index (κ1) is 18.9. The highest BCUT2D eigenvalue weighted by molar-refractivity contribution is 6.33. The number of pyridine rings is 1. The van der Waals surface area contributed by atoms with Crippen molar-refractivity contribution in [2.75, 3.05) is 13.7 Å². The van der Waals surface area contributed by atoms with Gasteiger partial charge in [0.1, 0.15) is 11.4 Å². The zero-order chi connectivity index (χ0) is 19.2. The van der Waals surface area contributed by atoms with Crippen molar-refractivity contribution in [3.8, 4) is 16.9 Å². The van der Waals surface area contributed by atoms with Crippen molar-refractivity contribution in [2.24, 2.45) is 0 Å². The van der Waals surface area contributed by atoms with Gasteiger partial charge in [0.25, 0.3) is 0 Å². The maximum absolute atomic E-state index is 12.1. The van der Waals surface area contributed by atoms with Crippen molar-refractivity contribution >= 4 is 17.6 Å². The summed E-state index contributed by atoms with van der Waals surface area (Å²) in [5.41, 5.74) is 3.88. The van der Waals surface area contributed by atoms with Gasteiger partial charge in [0.2, 0.25) is 0 Å². The average Bonchev–Trinajstić information content (AvgIpc) is 2.69. The molecule has 5 heteroatoms. The van der Waals surface area contributed by atoms with E-state index in [1.165, 1.54) is 0 Å². The molecule has 3 aromatic rings. The molecule has 0 amide bonds. The Bertz CT molecular complexity index is 939. The summed E-state index contributed by atoms with van der Waals surface area (Å²) in [6.45, 7) is 2.08. The molecule has 0 spiro atoms. The number of benzene rings is 2. The molecule has 4 nitrogen and oxygen atoms in total. The highest BCUT2D eigenvalue weighted by atomic mass is 35.5. The van der Waals surface area contributed by atoms with Gasteiger partial charge in [0, 0.05) is 22.6 Å². The Morgan fingerprint density at radius 1 is 1.00 bits per heavy atom. The quantitative estimate of drug-likeness (QED) is 0.552. The number of carbonyl (C=O) groups excluding carboxylic acids is 1. The highest BCUT2D eigenvalue weighted by Gasteiger charge is 2.15. The molecule has 0 aliphatic carbocycles. The number of hydrogen-bond donors (Lipinski definition) is 0. The molecule has 0 radical (unpaired) electrons. The number of esters is 1. The van der Waals surface area contributed by atoms with Gasteiger partial charge in [-0.2, -0.15) is 0 Å². The van der Waals surface area contributed by atoms with E-state index in [9.17, 15) is 4.79 Å². The van der Waals surface area contributed by atoms with Crippen molar-refractivity contribution in [2.45, 2.75) is 13.3 Å². The molecule has 3 rings (SSSR count). The minimum absolute atomic E-state index is 0.288. The van der Waals surface area contributed by atoms with Crippen LogP contribution in [-0.2, 0) is 11.2 Å². The molecule has 1 aromatic heterocycles. The van der Waals surface area contributed by atoms with E-state index in [4.69, 9.17) is 21.1 Å². The lowest BCUT2D eigenvalue weighted by Crippen LogP contribution is -2.09. The number of rotatable bonds is 6. The summed E-state index contributed by atoms with van der Waals surface area (Å²) in [4.78, 5) is 16.7. The maximum atomic E-state index is 12.1. The smallest absolute Gasteiger partial charge is 0.356 e. The molecule has 0 saturated heterocycles. The highest BCUT2D eigenvalue weighted by Crippen LogP contribution is 2.31. The van der Waals surface area contributed by atoms with Crippen LogP contribution in [-0.4, -0.2) is 24.7 Å². The van der Waals surface area contributed by atoms with Gasteiger partial charge in [-0.1, -0.05) is 48.0 Å². The average molecular weight is 382 g/mol. The molecule has 0 atom stereocenters. The minimum Gasteiger partial charge on any atom is -0.497 e. The van der Waals surface area contributed by atoms with E-state index in [-0.39, 0.29) is 5.69 Å². The molecule has 0 aliphatic rings. The molecule has 0 unspecified atom stereocenters. The summed E-state index contributed by atoms with van der Waals surface area (Å²) < 4.78 is 10.3. The molecule has 138 valence electrons. The van der Waals surface area contributed by atoms with Crippen molar-refractivity contribution < 1.29 is 14.3 Å². The van der Waals surface area contributed by atoms with Gasteiger partial charge >= 0.3 is 5.97 Å². The number of halogens is 1. The lowest BCUT2D eigenvalue weighted by molar-refractivity contribution is 0.0519. The molecule has 27 heavy (non-hydrogen) atoms. The Morgan fingerprint density at radius 2 is 1.74 bits per heavy atom. The van der Waals surface area contributed by atoms with E-state index in [1.54, 1.807) is 20.1 Å². The summed E-state index contributed by atoms with van der Waals surface area (Å²) in [6, 6.07) is 18.9. The van der Waals surface area contributed by atoms with E-state index in [0.717, 1.165) is 28.1 Å². The van der Waals surface area contributed by atoms with Crippen LogP contribution in [0.4, 0.5) is 0 Å². The second-order valence-electron chi connectivity index (χ2n) is 5.92. The first-order valence-electron chi connectivity index (χ1n) is 8.67. The molecule has 2 aromatic carbocycles. The fraction of sp³-hybridized carbons (Fsp3) is 0.182. The topological polar surface area (TPSA) is 48.4 Å². The van der Waals surface area contributed by atoms with Crippen LogP contribution in [0.25, 0.3) is 11.1 Å². The summed E-state index contributed by atoms with van der Waals surface area (Å²) in [6.07, 6.45) is 0.553. The molecular weight excluding hydrogens is 362 g/mol. The van der Waals surface area contributed by atoms with Crippen LogP contribution in [0.2, 0.25) is 5.02 Å². The third kappa shape index (κ3) is 4.47. The van der Waals surface area contributed by atoms with Gasteiger partial charge in [-0.3, -0.25) is 0 Å². The second kappa shape index (κ2) is 8.69. The lowest BCUT2D eigenvalue weighted by atomic mass is 9.98. The fourth-order valence-corrected chi connectivity index (χ4v) is 3.05. The lowest BCUT2D eigenvalue weighted by Gasteiger charge is -2.13. The molecule has 0 fully saturated rings. The number of aromatic nitrogens is 1. The predicted octanol–water partition coefficient (Wildman–Crippen LogP) is 5.18. The van der Waals surface area contributed by atoms with Gasteiger partial charge in [0.05, 0.1) is 19.4 Å². The summed E-state index contributed by atoms with van der Waals surface area (Å²) in [5, 5.41) is 0.638. The zero-order valence-corrected chi connectivity index (χ0v) is 16.0. The van der Waals surface area contributed by atoms with E-state index >= 15 is 0 Å². The Kier molecular flexibility index (Phi) is 6.09. The largest absolute Gasteiger partial charge is 0.497 e. The standard InChI is InChI=1S/C22H20ClNO3/c1-3-27-22(25)20-13-12-18(17-6-4-5-7-19(17)23)21(24-20)14-15-8-10-16(26-2)11-9-15/h4-13H,3,14H2,1-2H3. The molecule has 0 bridgehead atoms. The van der Waals surface area contributed by atoms with Crippen molar-refractivity contribution in [3.63, 3.8) is 0 Å². The van der Waals surface area contributed by atoms with Gasteiger partial charge in [0.15, 0.2) is 0 Å². The fourth-order valence-electron chi connectivity index (χ4n) is 2.82. The van der Waals surface area contributed by atoms with Crippen molar-refractivity contribution in [1.82, 2.24) is 4.98 Å². The maximum Gasteiger partial charge on any atom is 0.356 e. The van der Waals surface area contributed by atoms with E-state index < -0.39 is 5.97 Å². The van der Waals surface area contributed by atoms with Crippen LogP contribution in [0.3, 0.4) is 0 Å². The van der Waals surface area contributed by atoms with E-state index in [2.05, 4.69) is 4.98 Å². The number of nitrogens with zero attached hydrogens (tertiary/aromatic N) is 1. The number of ether oxygens (including phenoxy) is 2. The Hall–Kier alpha value is -2.85. The predicted molar refractivity (Wildman–Crippen MR) is 106 cm³/mol. The molecule has 0 aliphatic heterocycles. The van der Waals surface area contributed by atoms with Gasteiger partial charge in [-0.15, -0.1) is 0 Å². The summed E-state index contributed by atoms with van der Waals surface area (Å²) >= 11 is 6.39. The molecule has 0 N–H and O–H groups in total. The first-order chi connectivity index (χ1) is 13.1. The van der Waals surface area contributed by atoms with Crippen molar-refractivity contribution in [3.05, 3.63) is 82.6 Å². The van der Waals surface area contributed by atoms with Crippen LogP contribution < -0.4 is 4.74 Å². The number of methoxy groups -OCH3 is 1. The van der Waals surface area contributed by atoms with Gasteiger partial charge in [-0.05, 0) is 36.8 Å². The van der Waals surface area contributed by atoms with Crippen molar-refractivity contribution in [1.29, 1.82) is 0 Å². The Labute approximate surface area is 163 Å². The molecular formula is C22H20ClNO3. The Balaban J connectivity index is 2.04. The normalized spacial score (nSPS) is 10.5. The van der Waals surface area contributed by atoms with Crippen LogP contribution >= 0.6 is 11.6 Å². The summed E-state index contributed by atoms with van der Waals surface area (Å²) in [5.74, 6) is 0.359. The number of hydrogen-bond acceptors (Lipinski definition) is 4. The molecule has 0 saturated carbocycles. The van der Waals surface area contributed by atoms with E-state index in [1.807, 2.05) is 54.6 Å². The Morgan fingerprint density at radius 3 is 2.41 bits per heavy atom. The minimum atomic E-state index is -0.431. The van der Waals surface area contributed by atoms with Gasteiger partial charge in [-0.25, -0.2) is 9.78 Å². The van der Waals surface area contributed by atoms with Crippen LogP contribution in [0.15, 0.2) is 60.7 Å².